The van der Waals surface area contributed by atoms with Crippen molar-refractivity contribution in [3.8, 4) is 0 Å². The first-order valence-corrected chi connectivity index (χ1v) is 6.15. The molecule has 0 heterocycles. The lowest BCUT2D eigenvalue weighted by Crippen LogP contribution is -2.10. The molecular weight excluding hydrogens is 180 g/mol. The van der Waals surface area contributed by atoms with Gasteiger partial charge >= 0.3 is 0 Å². The molecule has 0 spiro atoms. The summed E-state index contributed by atoms with van der Waals surface area (Å²) in [5.74, 6) is 0. The molecule has 0 radical (unpaired) electrons. The Hall–Kier alpha value is -0.780. The van der Waals surface area contributed by atoms with Gasteiger partial charge in [-0.25, -0.2) is 0 Å². The first kappa shape index (κ1) is 10.7. The zero-order chi connectivity index (χ0) is 10.9. The fraction of sp³-hybridized carbons (Fsp3) is 0.600. The van der Waals surface area contributed by atoms with Gasteiger partial charge in [0.25, 0.3) is 0 Å². The van der Waals surface area contributed by atoms with Crippen LogP contribution in [0.4, 0.5) is 0 Å². The summed E-state index contributed by atoms with van der Waals surface area (Å²) in [5, 5.41) is 0. The molecule has 0 unspecified atom stereocenters. The minimum atomic E-state index is 0.406. The van der Waals surface area contributed by atoms with E-state index in [2.05, 4.69) is 39.0 Å². The Morgan fingerprint density at radius 2 is 1.67 bits per heavy atom. The highest BCUT2D eigenvalue weighted by Crippen LogP contribution is 2.26. The van der Waals surface area contributed by atoms with Crippen molar-refractivity contribution >= 4 is 0 Å². The van der Waals surface area contributed by atoms with E-state index in [1.165, 1.54) is 37.7 Å². The zero-order valence-electron chi connectivity index (χ0n) is 10.3. The standard InChI is InChI=1S/C15H22/c1-15(2,3)11-12-8-9-13-6-4-5-7-14(13)10-12/h8-10H,4-7,11H2,1-3H3. The highest BCUT2D eigenvalue weighted by molar-refractivity contribution is 5.34. The Morgan fingerprint density at radius 1 is 1.00 bits per heavy atom. The topological polar surface area (TPSA) is 0 Å². The average molecular weight is 202 g/mol. The van der Waals surface area contributed by atoms with Gasteiger partial charge in [0.2, 0.25) is 0 Å². The second-order valence-corrected chi connectivity index (χ2v) is 6.05. The molecule has 82 valence electrons. The lowest BCUT2D eigenvalue weighted by Gasteiger charge is -2.21. The predicted octanol–water partition coefficient (Wildman–Crippen LogP) is 4.15. The normalized spacial score (nSPS) is 16.2. The average Bonchev–Trinajstić information content (AvgIpc) is 2.15. The van der Waals surface area contributed by atoms with Gasteiger partial charge in [-0.1, -0.05) is 39.0 Å². The van der Waals surface area contributed by atoms with Gasteiger partial charge in [-0.2, -0.15) is 0 Å². The maximum Gasteiger partial charge on any atom is -0.0230 e. The summed E-state index contributed by atoms with van der Waals surface area (Å²) in [6.07, 6.45) is 6.55. The number of rotatable bonds is 1. The molecule has 0 aliphatic heterocycles. The summed E-state index contributed by atoms with van der Waals surface area (Å²) < 4.78 is 0. The molecule has 0 atom stereocenters. The van der Waals surface area contributed by atoms with E-state index >= 15 is 0 Å². The van der Waals surface area contributed by atoms with Crippen LogP contribution in [0.25, 0.3) is 0 Å². The van der Waals surface area contributed by atoms with E-state index in [1.54, 1.807) is 11.1 Å². The van der Waals surface area contributed by atoms with Gasteiger partial charge in [-0.05, 0) is 54.2 Å². The third kappa shape index (κ3) is 2.84. The molecule has 2 rings (SSSR count). The molecule has 0 nitrogen and oxygen atoms in total. The molecule has 0 fully saturated rings. The molecule has 0 bridgehead atoms. The Bertz CT molecular complexity index is 342. The Balaban J connectivity index is 2.21. The van der Waals surface area contributed by atoms with Crippen molar-refractivity contribution < 1.29 is 0 Å². The van der Waals surface area contributed by atoms with Crippen molar-refractivity contribution in [3.05, 3.63) is 34.9 Å². The fourth-order valence-corrected chi connectivity index (χ4v) is 2.51. The van der Waals surface area contributed by atoms with E-state index in [0.717, 1.165) is 0 Å². The zero-order valence-corrected chi connectivity index (χ0v) is 10.3. The predicted molar refractivity (Wildman–Crippen MR) is 66.2 cm³/mol. The van der Waals surface area contributed by atoms with Crippen LogP contribution in [0, 0.1) is 5.41 Å². The molecule has 1 aliphatic carbocycles. The second kappa shape index (κ2) is 4.00. The van der Waals surface area contributed by atoms with E-state index in [9.17, 15) is 0 Å². The van der Waals surface area contributed by atoms with Gasteiger partial charge in [0, 0.05) is 0 Å². The number of aryl methyl sites for hydroxylation is 2. The Kier molecular flexibility index (Phi) is 2.86. The molecule has 1 aliphatic rings. The molecule has 0 aromatic heterocycles. The SMILES string of the molecule is CC(C)(C)Cc1ccc2c(c1)CCCC2. The molecule has 1 aromatic carbocycles. The van der Waals surface area contributed by atoms with Crippen LogP contribution in [0.5, 0.6) is 0 Å². The molecule has 0 heteroatoms. The van der Waals surface area contributed by atoms with E-state index in [-0.39, 0.29) is 0 Å². The van der Waals surface area contributed by atoms with E-state index in [0.29, 0.717) is 5.41 Å². The van der Waals surface area contributed by atoms with E-state index in [4.69, 9.17) is 0 Å². The fourth-order valence-electron chi connectivity index (χ4n) is 2.51. The third-order valence-corrected chi connectivity index (χ3v) is 3.15. The van der Waals surface area contributed by atoms with Crippen molar-refractivity contribution in [1.29, 1.82) is 0 Å². The summed E-state index contributed by atoms with van der Waals surface area (Å²) in [5.41, 5.74) is 5.13. The van der Waals surface area contributed by atoms with Crippen LogP contribution in [0.1, 0.15) is 50.3 Å². The van der Waals surface area contributed by atoms with Crippen molar-refractivity contribution in [2.24, 2.45) is 5.41 Å². The molecule has 15 heavy (non-hydrogen) atoms. The quantitative estimate of drug-likeness (QED) is 0.641. The highest BCUT2D eigenvalue weighted by atomic mass is 14.2. The summed E-state index contributed by atoms with van der Waals surface area (Å²) in [7, 11) is 0. The third-order valence-electron chi connectivity index (χ3n) is 3.15. The van der Waals surface area contributed by atoms with Crippen molar-refractivity contribution in [1.82, 2.24) is 0 Å². The Labute approximate surface area is 93.7 Å². The van der Waals surface area contributed by atoms with Gasteiger partial charge in [0.05, 0.1) is 0 Å². The van der Waals surface area contributed by atoms with Crippen LogP contribution in [-0.2, 0) is 19.3 Å². The van der Waals surface area contributed by atoms with Crippen molar-refractivity contribution in [2.45, 2.75) is 52.9 Å². The molecule has 1 aromatic rings. The molecule has 0 amide bonds. The van der Waals surface area contributed by atoms with Gasteiger partial charge in [0.1, 0.15) is 0 Å². The highest BCUT2D eigenvalue weighted by Gasteiger charge is 2.14. The number of benzene rings is 1. The molecule has 0 saturated carbocycles. The van der Waals surface area contributed by atoms with Gasteiger partial charge < -0.3 is 0 Å². The lowest BCUT2D eigenvalue weighted by molar-refractivity contribution is 0.411. The van der Waals surface area contributed by atoms with Crippen LogP contribution in [0.15, 0.2) is 18.2 Å². The number of hydrogen-bond donors (Lipinski definition) is 0. The summed E-state index contributed by atoms with van der Waals surface area (Å²) in [4.78, 5) is 0. The van der Waals surface area contributed by atoms with E-state index < -0.39 is 0 Å². The monoisotopic (exact) mass is 202 g/mol. The maximum absolute atomic E-state index is 2.44. The van der Waals surface area contributed by atoms with Crippen LogP contribution >= 0.6 is 0 Å². The largest absolute Gasteiger partial charge is 0.0599 e. The van der Waals surface area contributed by atoms with Crippen molar-refractivity contribution in [2.75, 3.05) is 0 Å². The second-order valence-electron chi connectivity index (χ2n) is 6.05. The van der Waals surface area contributed by atoms with Crippen LogP contribution < -0.4 is 0 Å². The lowest BCUT2D eigenvalue weighted by atomic mass is 9.84. The summed E-state index contributed by atoms with van der Waals surface area (Å²) in [6, 6.07) is 7.13. The molecular formula is C15H22. The first-order chi connectivity index (χ1) is 7.04. The Morgan fingerprint density at radius 3 is 2.33 bits per heavy atom. The van der Waals surface area contributed by atoms with Crippen LogP contribution in [0.3, 0.4) is 0 Å². The van der Waals surface area contributed by atoms with Crippen molar-refractivity contribution in [3.63, 3.8) is 0 Å². The van der Waals surface area contributed by atoms with E-state index in [1.807, 2.05) is 0 Å². The van der Waals surface area contributed by atoms with Gasteiger partial charge in [-0.3, -0.25) is 0 Å². The number of fused-ring (bicyclic) bond motifs is 1. The summed E-state index contributed by atoms with van der Waals surface area (Å²) in [6.45, 7) is 6.94. The number of hydrogen-bond acceptors (Lipinski definition) is 0. The van der Waals surface area contributed by atoms with Crippen LogP contribution in [0.2, 0.25) is 0 Å². The first-order valence-electron chi connectivity index (χ1n) is 6.15. The molecule has 0 saturated heterocycles. The van der Waals surface area contributed by atoms with Crippen LogP contribution in [-0.4, -0.2) is 0 Å². The van der Waals surface area contributed by atoms with Gasteiger partial charge in [-0.15, -0.1) is 0 Å². The minimum absolute atomic E-state index is 0.406. The summed E-state index contributed by atoms with van der Waals surface area (Å²) >= 11 is 0. The minimum Gasteiger partial charge on any atom is -0.0599 e. The molecule has 0 N–H and O–H groups in total. The van der Waals surface area contributed by atoms with Gasteiger partial charge in [0.15, 0.2) is 0 Å². The maximum atomic E-state index is 2.44. The smallest absolute Gasteiger partial charge is 0.0230 e.